The van der Waals surface area contributed by atoms with Crippen LogP contribution in [0.2, 0.25) is 0 Å². The first-order chi connectivity index (χ1) is 14.2. The Labute approximate surface area is 183 Å². The highest BCUT2D eigenvalue weighted by Gasteiger charge is 2.57. The number of fused-ring (bicyclic) bond motifs is 1. The number of carboxylic acids is 1. The summed E-state index contributed by atoms with van der Waals surface area (Å²) in [4.78, 5) is 58.3. The summed E-state index contributed by atoms with van der Waals surface area (Å²) >= 11 is 3.05. The molecular weight excluding hydrogens is 456 g/mol. The number of carbonyl (C=O) groups excluding carboxylic acids is 3. The summed E-state index contributed by atoms with van der Waals surface area (Å²) in [6.07, 6.45) is 0. The van der Waals surface area contributed by atoms with Crippen LogP contribution in [-0.4, -0.2) is 84.6 Å². The fourth-order valence-corrected chi connectivity index (χ4v) is 5.86. The lowest BCUT2D eigenvalue weighted by Crippen LogP contribution is -2.74. The van der Waals surface area contributed by atoms with Crippen molar-refractivity contribution in [3.63, 3.8) is 0 Å². The Kier molecular flexibility index (Phi) is 6.52. The second kappa shape index (κ2) is 8.77. The van der Waals surface area contributed by atoms with E-state index in [0.29, 0.717) is 0 Å². The summed E-state index contributed by atoms with van der Waals surface area (Å²) in [6.45, 7) is 1.33. The van der Waals surface area contributed by atoms with Gasteiger partial charge in [-0.3, -0.25) is 19.2 Å². The van der Waals surface area contributed by atoms with Crippen LogP contribution in [-0.2, 0) is 24.0 Å². The summed E-state index contributed by atoms with van der Waals surface area (Å²) in [5.74, 6) is -1.95. The third-order valence-electron chi connectivity index (χ3n) is 4.49. The Balaban J connectivity index is 1.69. The van der Waals surface area contributed by atoms with Crippen molar-refractivity contribution < 1.29 is 29.1 Å². The molecule has 2 aliphatic rings. The number of rotatable bonds is 7. The van der Waals surface area contributed by atoms with Gasteiger partial charge in [0.05, 0.1) is 0 Å². The maximum absolute atomic E-state index is 12.6. The topological polar surface area (TPSA) is 177 Å². The number of nitrogens with one attached hydrogen (secondary N) is 1. The molecule has 12 nitrogen and oxygen atoms in total. The zero-order valence-corrected chi connectivity index (χ0v) is 18.3. The lowest BCUT2D eigenvalue weighted by atomic mass is 9.89. The molecule has 3 rings (SSSR count). The first-order valence-corrected chi connectivity index (χ1v) is 11.3. The number of anilines is 1. The number of carbonyl (C=O) groups is 4. The van der Waals surface area contributed by atoms with Gasteiger partial charge in [0.25, 0.3) is 5.91 Å². The Hall–Kier alpha value is -2.39. The number of nitrogens with zero attached hydrogens (tertiary/aromatic N) is 4. The molecule has 2 amide bonds. The average molecular weight is 475 g/mol. The molecule has 15 heteroatoms. The number of nitrogen functional groups attached to an aromatic ring is 1. The molecular formula is C15H18N6O6S3. The molecule has 2 saturated heterocycles. The number of β-lactam (4-membered cyclic amide) rings is 1. The summed E-state index contributed by atoms with van der Waals surface area (Å²) in [5, 5.41) is 15.4. The minimum absolute atomic E-state index is 0.0251. The number of aliphatic carboxylic acids is 1. The van der Waals surface area contributed by atoms with Gasteiger partial charge >= 0.3 is 5.97 Å². The van der Waals surface area contributed by atoms with Crippen molar-refractivity contribution in [2.45, 2.75) is 18.3 Å². The van der Waals surface area contributed by atoms with E-state index in [1.165, 1.54) is 30.7 Å². The van der Waals surface area contributed by atoms with Gasteiger partial charge in [-0.05, 0) is 0 Å². The van der Waals surface area contributed by atoms with Crippen LogP contribution < -0.4 is 11.1 Å². The van der Waals surface area contributed by atoms with E-state index in [1.807, 2.05) is 0 Å². The Morgan fingerprint density at radius 1 is 1.50 bits per heavy atom. The predicted octanol–water partition coefficient (Wildman–Crippen LogP) is -0.779. The van der Waals surface area contributed by atoms with Crippen LogP contribution in [0, 0.1) is 5.41 Å². The number of hydrogen-bond donors (Lipinski definition) is 3. The molecule has 0 spiro atoms. The highest BCUT2D eigenvalue weighted by molar-refractivity contribution is 8.13. The van der Waals surface area contributed by atoms with Crippen LogP contribution in [0.4, 0.5) is 5.13 Å². The van der Waals surface area contributed by atoms with Crippen LogP contribution >= 0.6 is 35.1 Å². The van der Waals surface area contributed by atoms with Crippen molar-refractivity contribution >= 4 is 68.8 Å². The van der Waals surface area contributed by atoms with E-state index < -0.39 is 34.6 Å². The molecule has 0 aromatic carbocycles. The van der Waals surface area contributed by atoms with E-state index in [4.69, 9.17) is 5.73 Å². The number of carboxylic acid groups (broad SMARTS) is 1. The SMILES string of the molecule is CON=C(C(=O)NC1C(=O)N2CC(CSC(C)=O)(C(=O)O)CS[C@H]12)c1nsc(N)n1. The van der Waals surface area contributed by atoms with Crippen molar-refractivity contribution in [1.29, 1.82) is 0 Å². The zero-order chi connectivity index (χ0) is 22.1. The van der Waals surface area contributed by atoms with E-state index in [-0.39, 0.29) is 39.8 Å². The number of nitrogens with two attached hydrogens (primary N) is 1. The van der Waals surface area contributed by atoms with Gasteiger partial charge in [-0.2, -0.15) is 9.36 Å². The Morgan fingerprint density at radius 2 is 2.23 bits per heavy atom. The number of aromatic nitrogens is 2. The first kappa shape index (κ1) is 22.3. The van der Waals surface area contributed by atoms with Crippen molar-refractivity contribution in [2.24, 2.45) is 10.6 Å². The predicted molar refractivity (Wildman–Crippen MR) is 111 cm³/mol. The van der Waals surface area contributed by atoms with Gasteiger partial charge in [-0.1, -0.05) is 16.9 Å². The molecule has 30 heavy (non-hydrogen) atoms. The van der Waals surface area contributed by atoms with Crippen LogP contribution in [0.15, 0.2) is 5.16 Å². The zero-order valence-electron chi connectivity index (χ0n) is 15.9. The summed E-state index contributed by atoms with van der Waals surface area (Å²) in [6, 6.07) is -0.854. The fourth-order valence-electron chi connectivity index (χ4n) is 2.96. The molecule has 3 heterocycles. The molecule has 1 aromatic heterocycles. The third kappa shape index (κ3) is 4.22. The van der Waals surface area contributed by atoms with E-state index in [1.54, 1.807) is 0 Å². The molecule has 0 bridgehead atoms. The second-order valence-corrected chi connectivity index (χ2v) is 9.60. The van der Waals surface area contributed by atoms with Gasteiger partial charge in [0.2, 0.25) is 17.4 Å². The fraction of sp³-hybridized carbons (Fsp3) is 0.533. The minimum Gasteiger partial charge on any atom is -0.481 e. The summed E-state index contributed by atoms with van der Waals surface area (Å²) < 4.78 is 3.92. The second-order valence-electron chi connectivity index (χ2n) is 6.56. The highest BCUT2D eigenvalue weighted by atomic mass is 32.2. The molecule has 162 valence electrons. The van der Waals surface area contributed by atoms with Gasteiger partial charge in [0.1, 0.15) is 23.9 Å². The molecule has 0 saturated carbocycles. The van der Waals surface area contributed by atoms with Gasteiger partial charge in [0.15, 0.2) is 10.2 Å². The number of oxime groups is 1. The van der Waals surface area contributed by atoms with E-state index in [2.05, 4.69) is 24.7 Å². The number of hydrogen-bond acceptors (Lipinski definition) is 12. The van der Waals surface area contributed by atoms with Crippen LogP contribution in [0.1, 0.15) is 12.7 Å². The Bertz CT molecular complexity index is 922. The number of thioether (sulfide) groups is 2. The highest BCUT2D eigenvalue weighted by Crippen LogP contribution is 2.43. The van der Waals surface area contributed by atoms with Crippen molar-refractivity contribution in [2.75, 3.05) is 30.9 Å². The van der Waals surface area contributed by atoms with Gasteiger partial charge in [-0.25, -0.2) is 0 Å². The van der Waals surface area contributed by atoms with E-state index in [9.17, 15) is 24.3 Å². The molecule has 2 aliphatic heterocycles. The summed E-state index contributed by atoms with van der Waals surface area (Å²) in [5.41, 5.74) is 4.08. The molecule has 0 aliphatic carbocycles. The van der Waals surface area contributed by atoms with Gasteiger partial charge < -0.3 is 25.9 Å². The van der Waals surface area contributed by atoms with Crippen LogP contribution in [0.3, 0.4) is 0 Å². The minimum atomic E-state index is -1.23. The summed E-state index contributed by atoms with van der Waals surface area (Å²) in [7, 11) is 1.25. The monoisotopic (exact) mass is 474 g/mol. The molecule has 2 fully saturated rings. The van der Waals surface area contributed by atoms with Crippen LogP contribution in [0.5, 0.6) is 0 Å². The normalized spacial score (nSPS) is 25.9. The van der Waals surface area contributed by atoms with Crippen molar-refractivity contribution in [3.8, 4) is 0 Å². The third-order valence-corrected chi connectivity index (χ3v) is 7.72. The molecule has 4 N–H and O–H groups in total. The van der Waals surface area contributed by atoms with Crippen LogP contribution in [0.25, 0.3) is 0 Å². The largest absolute Gasteiger partial charge is 0.481 e. The molecule has 3 atom stereocenters. The standard InChI is InChI=1S/C15H18N6O6S3/c1-6(22)28-4-15(13(25)26)3-21-11(24)8(12(21)29-5-15)17-10(23)7(19-27-2)9-18-14(16)30-20-9/h8,12H,3-5H2,1-2H3,(H,17,23)(H,25,26)(H2,16,18,20)/t8?,12-,15?/m1/s1. The lowest BCUT2D eigenvalue weighted by molar-refractivity contribution is -0.157. The van der Waals surface area contributed by atoms with Gasteiger partial charge in [-0.15, -0.1) is 11.8 Å². The Morgan fingerprint density at radius 3 is 2.80 bits per heavy atom. The van der Waals surface area contributed by atoms with Crippen molar-refractivity contribution in [3.05, 3.63) is 5.82 Å². The molecule has 1 aromatic rings. The quantitative estimate of drug-likeness (QED) is 0.256. The molecule has 0 radical (unpaired) electrons. The van der Waals surface area contributed by atoms with E-state index >= 15 is 0 Å². The van der Waals surface area contributed by atoms with Crippen molar-refractivity contribution in [1.82, 2.24) is 19.6 Å². The number of amides is 2. The molecule has 2 unspecified atom stereocenters. The average Bonchev–Trinajstić information content (AvgIpc) is 3.13. The maximum Gasteiger partial charge on any atom is 0.313 e. The van der Waals surface area contributed by atoms with E-state index in [0.717, 1.165) is 23.3 Å². The smallest absolute Gasteiger partial charge is 0.313 e. The first-order valence-electron chi connectivity index (χ1n) is 8.49. The maximum atomic E-state index is 12.6. The lowest BCUT2D eigenvalue weighted by Gasteiger charge is -2.53. The van der Waals surface area contributed by atoms with Gasteiger partial charge in [0, 0.05) is 36.5 Å².